The number of benzene rings is 6. The maximum absolute atomic E-state index is 13.3. The second-order valence-electron chi connectivity index (χ2n) is 15.3. The molecule has 0 unspecified atom stereocenters. The summed E-state index contributed by atoms with van der Waals surface area (Å²) in [6.07, 6.45) is 11.8. The molecule has 2 heteroatoms. The van der Waals surface area contributed by atoms with Crippen LogP contribution >= 0.6 is 0 Å². The molecule has 0 spiro atoms. The van der Waals surface area contributed by atoms with Crippen molar-refractivity contribution in [2.24, 2.45) is 0 Å². The molecule has 6 aromatic carbocycles. The van der Waals surface area contributed by atoms with Gasteiger partial charge in [-0.15, -0.1) is 0 Å². The van der Waals surface area contributed by atoms with Crippen molar-refractivity contribution >= 4 is 11.6 Å². The zero-order chi connectivity index (χ0) is 35.0. The zero-order valence-corrected chi connectivity index (χ0v) is 29.8. The summed E-state index contributed by atoms with van der Waals surface area (Å²) in [7, 11) is 0. The van der Waals surface area contributed by atoms with Crippen LogP contribution in [0, 0.1) is 0 Å². The van der Waals surface area contributed by atoms with Crippen LogP contribution in [-0.4, -0.2) is 11.6 Å². The Hall–Kier alpha value is -5.34. The van der Waals surface area contributed by atoms with Gasteiger partial charge in [-0.05, 0) is 168 Å². The molecule has 0 saturated carbocycles. The van der Waals surface area contributed by atoms with Crippen molar-refractivity contribution in [2.45, 2.75) is 77.0 Å². The van der Waals surface area contributed by atoms with Gasteiger partial charge in [0.05, 0.1) is 0 Å². The number of hydrogen-bond acceptors (Lipinski definition) is 2. The highest BCUT2D eigenvalue weighted by Gasteiger charge is 2.23. The van der Waals surface area contributed by atoms with E-state index in [4.69, 9.17) is 0 Å². The minimum atomic E-state index is 0.214. The number of ketones is 2. The molecule has 2 nitrogen and oxygen atoms in total. The standard InChI is InChI=1S/2C25H22O/c2*26-25-23-15-19-7-5-17-1-2-18(4-3-17)6-8-20-10-12-22(24(25)16-20)14-13-21(23)11-9-19/h2*1-4,9-12,15-16H,5-8,13-14H2. The SMILES string of the molecule is O=C1c2cc3ccc2CCc2ccc(cc21)CCc1ccc(cc1)CC3.O=C1c2cc3ccc2CCc2ccc(cc21)CCc1ccc(cc1)CC3. The molecule has 0 aliphatic heterocycles. The number of carbonyl (C=O) groups is 2. The van der Waals surface area contributed by atoms with E-state index in [0.717, 1.165) is 99.3 Å². The van der Waals surface area contributed by atoms with E-state index < -0.39 is 0 Å². The second-order valence-corrected chi connectivity index (χ2v) is 15.3. The summed E-state index contributed by atoms with van der Waals surface area (Å²) < 4.78 is 0. The quantitative estimate of drug-likeness (QED) is 0.161. The minimum absolute atomic E-state index is 0.214. The second kappa shape index (κ2) is 14.0. The molecule has 6 aliphatic rings. The molecule has 0 atom stereocenters. The van der Waals surface area contributed by atoms with E-state index in [1.807, 2.05) is 0 Å². The molecule has 0 aromatic heterocycles. The summed E-state index contributed by atoms with van der Waals surface area (Å²) in [6, 6.07) is 44.2. The fraction of sp³-hybridized carbons (Fsp3) is 0.240. The largest absolute Gasteiger partial charge is 0.289 e. The minimum Gasteiger partial charge on any atom is -0.289 e. The van der Waals surface area contributed by atoms with E-state index in [-0.39, 0.29) is 11.6 Å². The van der Waals surface area contributed by atoms with Crippen LogP contribution in [0.4, 0.5) is 0 Å². The Labute approximate surface area is 307 Å². The van der Waals surface area contributed by atoms with Crippen LogP contribution in [-0.2, 0) is 77.0 Å². The lowest BCUT2D eigenvalue weighted by Crippen LogP contribution is -2.06. The van der Waals surface area contributed by atoms with Gasteiger partial charge < -0.3 is 0 Å². The summed E-state index contributed by atoms with van der Waals surface area (Å²) in [6.45, 7) is 0. The van der Waals surface area contributed by atoms with Gasteiger partial charge in [-0.1, -0.05) is 97.1 Å². The molecule has 12 rings (SSSR count). The first-order chi connectivity index (χ1) is 25.5. The van der Waals surface area contributed by atoms with Crippen molar-refractivity contribution in [2.75, 3.05) is 0 Å². The number of aryl methyl sites for hydroxylation is 12. The maximum atomic E-state index is 13.3. The third-order valence-electron chi connectivity index (χ3n) is 11.9. The molecule has 0 amide bonds. The summed E-state index contributed by atoms with van der Waals surface area (Å²) >= 11 is 0. The van der Waals surface area contributed by atoms with E-state index in [2.05, 4.69) is 121 Å². The predicted octanol–water partition coefficient (Wildman–Crippen LogP) is 9.80. The molecule has 6 aliphatic carbocycles. The number of rotatable bonds is 0. The Morgan fingerprint density at radius 2 is 0.423 bits per heavy atom. The lowest BCUT2D eigenvalue weighted by atomic mass is 9.94. The van der Waals surface area contributed by atoms with Crippen LogP contribution in [0.5, 0.6) is 0 Å². The molecular formula is C50H44O2. The fourth-order valence-corrected chi connectivity index (χ4v) is 8.56. The summed E-state index contributed by atoms with van der Waals surface area (Å²) in [5.74, 6) is 0.427. The van der Waals surface area contributed by atoms with Crippen molar-refractivity contribution in [1.82, 2.24) is 0 Å². The monoisotopic (exact) mass is 676 g/mol. The lowest BCUT2D eigenvalue weighted by Gasteiger charge is -2.09. The highest BCUT2D eigenvalue weighted by molar-refractivity contribution is 6.12. The summed E-state index contributed by atoms with van der Waals surface area (Å²) in [4.78, 5) is 26.6. The highest BCUT2D eigenvalue weighted by Crippen LogP contribution is 2.29. The third-order valence-corrected chi connectivity index (χ3v) is 11.9. The molecule has 52 heavy (non-hydrogen) atoms. The number of fused-ring (bicyclic) bond motifs is 8. The van der Waals surface area contributed by atoms with Crippen LogP contribution in [0.25, 0.3) is 0 Å². The molecule has 12 bridgehead atoms. The first-order valence-electron chi connectivity index (χ1n) is 19.2. The fourth-order valence-electron chi connectivity index (χ4n) is 8.56. The van der Waals surface area contributed by atoms with Gasteiger partial charge in [-0.2, -0.15) is 0 Å². The van der Waals surface area contributed by atoms with Gasteiger partial charge in [0.15, 0.2) is 11.6 Å². The van der Waals surface area contributed by atoms with Gasteiger partial charge in [0.2, 0.25) is 0 Å². The van der Waals surface area contributed by atoms with Gasteiger partial charge in [0.1, 0.15) is 0 Å². The third kappa shape index (κ3) is 6.71. The molecule has 6 aromatic rings. The van der Waals surface area contributed by atoms with E-state index in [1.165, 1.54) is 66.8 Å². The smallest absolute Gasteiger partial charge is 0.193 e. The van der Waals surface area contributed by atoms with Crippen LogP contribution in [0.3, 0.4) is 0 Å². The van der Waals surface area contributed by atoms with E-state index in [9.17, 15) is 9.59 Å². The van der Waals surface area contributed by atoms with Crippen LogP contribution in [0.1, 0.15) is 98.6 Å². The maximum Gasteiger partial charge on any atom is 0.193 e. The van der Waals surface area contributed by atoms with Crippen LogP contribution < -0.4 is 0 Å². The Morgan fingerprint density at radius 1 is 0.231 bits per heavy atom. The van der Waals surface area contributed by atoms with Crippen molar-refractivity contribution < 1.29 is 9.59 Å². The average molecular weight is 677 g/mol. The van der Waals surface area contributed by atoms with Crippen molar-refractivity contribution in [1.29, 1.82) is 0 Å². The van der Waals surface area contributed by atoms with Crippen LogP contribution in [0.15, 0.2) is 121 Å². The van der Waals surface area contributed by atoms with E-state index >= 15 is 0 Å². The van der Waals surface area contributed by atoms with Crippen LogP contribution in [0.2, 0.25) is 0 Å². The average Bonchev–Trinajstić information content (AvgIpc) is 3.42. The molecule has 0 saturated heterocycles. The van der Waals surface area contributed by atoms with Gasteiger partial charge in [0, 0.05) is 22.3 Å². The predicted molar refractivity (Wildman–Crippen MR) is 210 cm³/mol. The highest BCUT2D eigenvalue weighted by atomic mass is 16.1. The Kier molecular flexibility index (Phi) is 8.76. The van der Waals surface area contributed by atoms with E-state index in [1.54, 1.807) is 0 Å². The number of hydrogen-bond donors (Lipinski definition) is 0. The molecule has 0 radical (unpaired) electrons. The van der Waals surface area contributed by atoms with Crippen molar-refractivity contribution in [3.05, 3.63) is 210 Å². The van der Waals surface area contributed by atoms with Gasteiger partial charge in [-0.25, -0.2) is 0 Å². The molecule has 256 valence electrons. The first kappa shape index (κ1) is 32.6. The number of carbonyl (C=O) groups excluding carboxylic acids is 2. The molecule has 0 heterocycles. The molecular weight excluding hydrogens is 633 g/mol. The Morgan fingerprint density at radius 3 is 0.654 bits per heavy atom. The lowest BCUT2D eigenvalue weighted by molar-refractivity contribution is 0.103. The summed E-state index contributed by atoms with van der Waals surface area (Å²) in [5.41, 5.74) is 19.0. The van der Waals surface area contributed by atoms with E-state index in [0.29, 0.717) is 0 Å². The molecule has 0 fully saturated rings. The Balaban J connectivity index is 0.000000138. The topological polar surface area (TPSA) is 34.1 Å². The zero-order valence-electron chi connectivity index (χ0n) is 29.8. The normalized spacial score (nSPS) is 15.6. The van der Waals surface area contributed by atoms with Crippen molar-refractivity contribution in [3.8, 4) is 0 Å². The van der Waals surface area contributed by atoms with Gasteiger partial charge in [-0.3, -0.25) is 9.59 Å². The van der Waals surface area contributed by atoms with Gasteiger partial charge >= 0.3 is 0 Å². The van der Waals surface area contributed by atoms with Gasteiger partial charge in [0.25, 0.3) is 0 Å². The van der Waals surface area contributed by atoms with Crippen molar-refractivity contribution in [3.63, 3.8) is 0 Å². The first-order valence-corrected chi connectivity index (χ1v) is 19.2. The Bertz CT molecular complexity index is 2000. The summed E-state index contributed by atoms with van der Waals surface area (Å²) in [5, 5.41) is 0. The molecule has 0 N–H and O–H groups in total.